The average Bonchev–Trinajstić information content (AvgIpc) is 2.70. The third-order valence-electron chi connectivity index (χ3n) is 2.84. The Morgan fingerprint density at radius 3 is 2.58 bits per heavy atom. The zero-order chi connectivity index (χ0) is 14.0. The number of nitrogens with one attached hydrogen (secondary N) is 1. The smallest absolute Gasteiger partial charge is 0.123 e. The maximum Gasteiger partial charge on any atom is 0.123 e. The van der Waals surface area contributed by atoms with Gasteiger partial charge in [0.1, 0.15) is 5.82 Å². The van der Waals surface area contributed by atoms with Crippen molar-refractivity contribution in [2.24, 2.45) is 0 Å². The summed E-state index contributed by atoms with van der Waals surface area (Å²) in [6.07, 6.45) is 0. The van der Waals surface area contributed by atoms with Gasteiger partial charge in [-0.15, -0.1) is 11.3 Å². The Kier molecular flexibility index (Phi) is 5.17. The molecular formula is C14H14Br2FNS. The van der Waals surface area contributed by atoms with Crippen molar-refractivity contribution in [2.45, 2.75) is 19.9 Å². The number of aryl methyl sites for hydroxylation is 1. The van der Waals surface area contributed by atoms with Gasteiger partial charge in [-0.25, -0.2) is 4.39 Å². The molecule has 1 heterocycles. The zero-order valence-corrected chi connectivity index (χ0v) is 14.6. The first-order chi connectivity index (χ1) is 9.02. The first-order valence-corrected chi connectivity index (χ1v) is 8.37. The standard InChI is InChI=1S/C14H14Br2FNS/c1-3-18-14(13-7-12(16)8(2)19-13)10-6-9(17)4-5-11(10)15/h4-7,14,18H,3H2,1-2H3. The van der Waals surface area contributed by atoms with Gasteiger partial charge in [0.25, 0.3) is 0 Å². The molecule has 0 aliphatic rings. The Balaban J connectivity index is 2.47. The molecular weight excluding hydrogens is 393 g/mol. The minimum absolute atomic E-state index is 0.00470. The highest BCUT2D eigenvalue weighted by Crippen LogP contribution is 2.36. The predicted octanol–water partition coefficient (Wildman–Crippen LogP) is 5.42. The lowest BCUT2D eigenvalue weighted by Gasteiger charge is -2.18. The molecule has 1 aromatic heterocycles. The summed E-state index contributed by atoms with van der Waals surface area (Å²) in [5.74, 6) is -0.214. The average molecular weight is 407 g/mol. The Hall–Kier alpha value is -0.230. The summed E-state index contributed by atoms with van der Waals surface area (Å²) < 4.78 is 15.5. The minimum atomic E-state index is -0.214. The normalized spacial score (nSPS) is 12.7. The van der Waals surface area contributed by atoms with E-state index in [0.29, 0.717) is 0 Å². The summed E-state index contributed by atoms with van der Waals surface area (Å²) in [4.78, 5) is 2.41. The molecule has 0 aliphatic carbocycles. The van der Waals surface area contributed by atoms with E-state index in [1.165, 1.54) is 15.8 Å². The fraction of sp³-hybridized carbons (Fsp3) is 0.286. The van der Waals surface area contributed by atoms with Crippen LogP contribution in [0.25, 0.3) is 0 Å². The maximum absolute atomic E-state index is 13.5. The molecule has 2 aromatic rings. The molecule has 102 valence electrons. The molecule has 1 nitrogen and oxygen atoms in total. The van der Waals surface area contributed by atoms with Gasteiger partial charge in [0.2, 0.25) is 0 Å². The van der Waals surface area contributed by atoms with Crippen LogP contribution in [-0.2, 0) is 0 Å². The van der Waals surface area contributed by atoms with Crippen molar-refractivity contribution in [1.82, 2.24) is 5.32 Å². The van der Waals surface area contributed by atoms with Crippen molar-refractivity contribution in [1.29, 1.82) is 0 Å². The van der Waals surface area contributed by atoms with Gasteiger partial charge in [-0.05, 0) is 59.2 Å². The van der Waals surface area contributed by atoms with Crippen LogP contribution < -0.4 is 5.32 Å². The molecule has 0 aliphatic heterocycles. The Morgan fingerprint density at radius 2 is 2.00 bits per heavy atom. The van der Waals surface area contributed by atoms with Crippen molar-refractivity contribution in [3.05, 3.63) is 54.3 Å². The molecule has 2 rings (SSSR count). The monoisotopic (exact) mass is 405 g/mol. The van der Waals surface area contributed by atoms with Gasteiger partial charge in [0.15, 0.2) is 0 Å². The van der Waals surface area contributed by atoms with Gasteiger partial charge in [0.05, 0.1) is 6.04 Å². The summed E-state index contributed by atoms with van der Waals surface area (Å²) in [5, 5.41) is 3.42. The van der Waals surface area contributed by atoms with E-state index < -0.39 is 0 Å². The van der Waals surface area contributed by atoms with Crippen LogP contribution in [0.4, 0.5) is 4.39 Å². The third-order valence-corrected chi connectivity index (χ3v) is 5.76. The first kappa shape index (κ1) is 15.2. The van der Waals surface area contributed by atoms with Crippen molar-refractivity contribution in [2.75, 3.05) is 6.54 Å². The number of hydrogen-bond acceptors (Lipinski definition) is 2. The molecule has 0 amide bonds. The molecule has 19 heavy (non-hydrogen) atoms. The molecule has 1 aromatic carbocycles. The second-order valence-electron chi connectivity index (χ2n) is 4.21. The van der Waals surface area contributed by atoms with E-state index >= 15 is 0 Å². The molecule has 0 spiro atoms. The second kappa shape index (κ2) is 6.48. The van der Waals surface area contributed by atoms with E-state index in [4.69, 9.17) is 0 Å². The van der Waals surface area contributed by atoms with E-state index in [1.807, 2.05) is 0 Å². The van der Waals surface area contributed by atoms with Gasteiger partial charge in [-0.3, -0.25) is 0 Å². The van der Waals surface area contributed by atoms with Gasteiger partial charge in [-0.1, -0.05) is 22.9 Å². The van der Waals surface area contributed by atoms with Gasteiger partial charge >= 0.3 is 0 Å². The maximum atomic E-state index is 13.5. The first-order valence-electron chi connectivity index (χ1n) is 5.97. The molecule has 5 heteroatoms. The molecule has 0 fully saturated rings. The fourth-order valence-corrected chi connectivity index (χ4v) is 4.06. The predicted molar refractivity (Wildman–Crippen MR) is 86.4 cm³/mol. The number of thiophene rings is 1. The van der Waals surface area contributed by atoms with Crippen LogP contribution in [0.2, 0.25) is 0 Å². The highest BCUT2D eigenvalue weighted by molar-refractivity contribution is 9.10. The molecule has 1 atom stereocenters. The Morgan fingerprint density at radius 1 is 1.26 bits per heavy atom. The van der Waals surface area contributed by atoms with E-state index in [0.717, 1.165) is 21.1 Å². The molecule has 1 N–H and O–H groups in total. The van der Waals surface area contributed by atoms with Crippen LogP contribution in [0.3, 0.4) is 0 Å². The quantitative estimate of drug-likeness (QED) is 0.714. The summed E-state index contributed by atoms with van der Waals surface area (Å²) in [6.45, 7) is 4.94. The molecule has 0 saturated heterocycles. The van der Waals surface area contributed by atoms with Crippen LogP contribution in [0.1, 0.15) is 28.3 Å². The lowest BCUT2D eigenvalue weighted by Crippen LogP contribution is -2.21. The SMILES string of the molecule is CCNC(c1cc(Br)c(C)s1)c1cc(F)ccc1Br. The van der Waals surface area contributed by atoms with Crippen molar-refractivity contribution in [3.63, 3.8) is 0 Å². The lowest BCUT2D eigenvalue weighted by atomic mass is 10.1. The fourth-order valence-electron chi connectivity index (χ4n) is 1.93. The number of rotatable bonds is 4. The van der Waals surface area contributed by atoms with Crippen LogP contribution in [0.5, 0.6) is 0 Å². The van der Waals surface area contributed by atoms with Crippen LogP contribution in [0, 0.1) is 12.7 Å². The summed E-state index contributed by atoms with van der Waals surface area (Å²) in [7, 11) is 0. The van der Waals surface area contributed by atoms with Crippen molar-refractivity contribution in [3.8, 4) is 0 Å². The highest BCUT2D eigenvalue weighted by atomic mass is 79.9. The van der Waals surface area contributed by atoms with Gasteiger partial charge < -0.3 is 5.32 Å². The third kappa shape index (κ3) is 3.45. The number of benzene rings is 1. The number of halogens is 3. The van der Waals surface area contributed by atoms with Crippen LogP contribution >= 0.6 is 43.2 Å². The summed E-state index contributed by atoms with van der Waals surface area (Å²) >= 11 is 8.77. The van der Waals surface area contributed by atoms with E-state index in [1.54, 1.807) is 23.5 Å². The van der Waals surface area contributed by atoms with E-state index in [2.05, 4.69) is 57.1 Å². The Labute approximate surface area is 133 Å². The van der Waals surface area contributed by atoms with E-state index in [-0.39, 0.29) is 11.9 Å². The molecule has 1 unspecified atom stereocenters. The van der Waals surface area contributed by atoms with Crippen molar-refractivity contribution >= 4 is 43.2 Å². The summed E-state index contributed by atoms with van der Waals surface area (Å²) in [5.41, 5.74) is 0.926. The van der Waals surface area contributed by atoms with Gasteiger partial charge in [-0.2, -0.15) is 0 Å². The molecule has 0 bridgehead atoms. The Bertz CT molecular complexity index is 563. The van der Waals surface area contributed by atoms with Crippen LogP contribution in [0.15, 0.2) is 33.2 Å². The van der Waals surface area contributed by atoms with E-state index in [9.17, 15) is 4.39 Å². The summed E-state index contributed by atoms with van der Waals surface area (Å²) in [6, 6.07) is 6.91. The van der Waals surface area contributed by atoms with Crippen molar-refractivity contribution < 1.29 is 4.39 Å². The minimum Gasteiger partial charge on any atom is -0.306 e. The largest absolute Gasteiger partial charge is 0.306 e. The highest BCUT2D eigenvalue weighted by Gasteiger charge is 2.19. The number of hydrogen-bond donors (Lipinski definition) is 1. The topological polar surface area (TPSA) is 12.0 Å². The van der Waals surface area contributed by atoms with Gasteiger partial charge in [0, 0.05) is 18.7 Å². The lowest BCUT2D eigenvalue weighted by molar-refractivity contribution is 0.605. The van der Waals surface area contributed by atoms with Crippen LogP contribution in [-0.4, -0.2) is 6.54 Å². The zero-order valence-electron chi connectivity index (χ0n) is 10.6. The molecule has 0 saturated carbocycles. The molecule has 0 radical (unpaired) electrons. The second-order valence-corrected chi connectivity index (χ2v) is 7.21.